The predicted molar refractivity (Wildman–Crippen MR) is 139 cm³/mol. The minimum absolute atomic E-state index is 0.0654. The van der Waals surface area contributed by atoms with Crippen molar-refractivity contribution in [2.24, 2.45) is 5.92 Å². The molecule has 6 heterocycles. The summed E-state index contributed by atoms with van der Waals surface area (Å²) in [6.07, 6.45) is 7.52. The molecule has 0 aromatic carbocycles. The highest BCUT2D eigenvalue weighted by molar-refractivity contribution is 7.86. The monoisotopic (exact) mass is 543 g/mol. The molecule has 3 fully saturated rings. The highest BCUT2D eigenvalue weighted by atomic mass is 32.2. The lowest BCUT2D eigenvalue weighted by Gasteiger charge is -2.51. The number of aromatic nitrogens is 4. The maximum absolute atomic E-state index is 13.4. The Bertz CT molecular complexity index is 1430. The molecule has 14 heteroatoms. The van der Waals surface area contributed by atoms with E-state index in [2.05, 4.69) is 26.3 Å². The number of aliphatic hydroxyl groups excluding tert-OH is 1. The third-order valence-corrected chi connectivity index (χ3v) is 10.7. The van der Waals surface area contributed by atoms with Gasteiger partial charge in [-0.15, -0.1) is 0 Å². The maximum atomic E-state index is 13.4. The fourth-order valence-corrected chi connectivity index (χ4v) is 8.54. The van der Waals surface area contributed by atoms with Gasteiger partial charge in [0.1, 0.15) is 11.5 Å². The van der Waals surface area contributed by atoms with Gasteiger partial charge < -0.3 is 20.3 Å². The average molecular weight is 544 g/mol. The molecule has 3 N–H and O–H groups in total. The van der Waals surface area contributed by atoms with Crippen molar-refractivity contribution in [1.82, 2.24) is 28.5 Å². The van der Waals surface area contributed by atoms with Gasteiger partial charge in [-0.25, -0.2) is 4.98 Å². The molecule has 2 bridgehead atoms. The largest absolute Gasteiger partial charge is 0.391 e. The summed E-state index contributed by atoms with van der Waals surface area (Å²) in [5, 5.41) is 23.2. The normalized spacial score (nSPS) is 25.1. The van der Waals surface area contributed by atoms with Crippen molar-refractivity contribution in [1.29, 1.82) is 5.26 Å². The first-order valence-corrected chi connectivity index (χ1v) is 14.7. The van der Waals surface area contributed by atoms with Gasteiger partial charge in [0, 0.05) is 50.7 Å². The second-order valence-electron chi connectivity index (χ2n) is 9.98. The quantitative estimate of drug-likeness (QED) is 0.407. The van der Waals surface area contributed by atoms with Crippen LogP contribution in [0, 0.1) is 17.2 Å². The first-order valence-electron chi connectivity index (χ1n) is 12.5. The zero-order valence-electron chi connectivity index (χ0n) is 20.4. The summed E-state index contributed by atoms with van der Waals surface area (Å²) < 4.78 is 30.0. The summed E-state index contributed by atoms with van der Waals surface area (Å²) in [6, 6.07) is 4.00. The van der Waals surface area contributed by atoms with E-state index >= 15 is 0 Å². The molecule has 3 aromatic heterocycles. The number of aliphatic hydroxyl groups is 1. The number of hydrogen-bond donors (Lipinski definition) is 3. The summed E-state index contributed by atoms with van der Waals surface area (Å²) >= 11 is 1.36. The Morgan fingerprint density at radius 3 is 2.73 bits per heavy atom. The Morgan fingerprint density at radius 1 is 1.30 bits per heavy atom. The third-order valence-electron chi connectivity index (χ3n) is 7.71. The minimum Gasteiger partial charge on any atom is -0.391 e. The molecular weight excluding hydrogens is 514 g/mol. The lowest BCUT2D eigenvalue weighted by molar-refractivity contribution is 0.0930. The van der Waals surface area contributed by atoms with Gasteiger partial charge in [-0.1, -0.05) is 17.8 Å². The molecule has 3 atom stereocenters. The molecule has 3 aromatic rings. The summed E-state index contributed by atoms with van der Waals surface area (Å²) in [5.74, 6) is 0.966. The van der Waals surface area contributed by atoms with E-state index in [4.69, 9.17) is 15.2 Å². The maximum Gasteiger partial charge on any atom is 0.282 e. The van der Waals surface area contributed by atoms with Crippen LogP contribution in [0.2, 0.25) is 0 Å². The van der Waals surface area contributed by atoms with Gasteiger partial charge in [-0.3, -0.25) is 0 Å². The van der Waals surface area contributed by atoms with Crippen LogP contribution in [0.15, 0.2) is 18.5 Å². The van der Waals surface area contributed by atoms with E-state index < -0.39 is 10.2 Å². The van der Waals surface area contributed by atoms with Gasteiger partial charge in [0.05, 0.1) is 28.9 Å². The number of rotatable bonds is 7. The second kappa shape index (κ2) is 9.48. The Balaban J connectivity index is 1.24. The number of nitriles is 1. The van der Waals surface area contributed by atoms with Crippen LogP contribution in [0.25, 0.3) is 11.0 Å². The molecule has 0 spiro atoms. The van der Waals surface area contributed by atoms with Crippen LogP contribution in [0.3, 0.4) is 0 Å². The zero-order valence-corrected chi connectivity index (χ0v) is 22.0. The fraction of sp³-hybridized carbons (Fsp3) is 0.565. The van der Waals surface area contributed by atoms with E-state index in [1.165, 1.54) is 15.6 Å². The number of thiazole rings is 1. The molecule has 37 heavy (non-hydrogen) atoms. The Labute approximate surface area is 219 Å². The molecule has 0 amide bonds. The van der Waals surface area contributed by atoms with Crippen LogP contribution in [0.1, 0.15) is 37.0 Å². The van der Waals surface area contributed by atoms with E-state index in [1.807, 2.05) is 19.3 Å². The van der Waals surface area contributed by atoms with E-state index in [-0.39, 0.29) is 43.7 Å². The van der Waals surface area contributed by atoms with Gasteiger partial charge >= 0.3 is 0 Å². The average Bonchev–Trinajstić information content (AvgIpc) is 3.51. The molecule has 0 aliphatic carbocycles. The molecule has 0 radical (unpaired) electrons. The van der Waals surface area contributed by atoms with E-state index in [0.717, 1.165) is 29.5 Å². The van der Waals surface area contributed by atoms with Gasteiger partial charge in [-0.05, 0) is 31.7 Å². The number of hydrogen-bond acceptors (Lipinski definition) is 10. The van der Waals surface area contributed by atoms with E-state index in [9.17, 15) is 13.5 Å². The van der Waals surface area contributed by atoms with Crippen molar-refractivity contribution in [3.63, 3.8) is 0 Å². The number of anilines is 3. The highest BCUT2D eigenvalue weighted by Crippen LogP contribution is 2.40. The number of nitrogens with one attached hydrogen (secondary N) is 2. The van der Waals surface area contributed by atoms with Gasteiger partial charge in [0.15, 0.2) is 5.13 Å². The topological polar surface area (TPSA) is 154 Å². The number of H-pyrrole nitrogens is 1. The van der Waals surface area contributed by atoms with Crippen LogP contribution in [0.5, 0.6) is 0 Å². The predicted octanol–water partition coefficient (Wildman–Crippen LogP) is 2.17. The lowest BCUT2D eigenvalue weighted by atomic mass is 9.83. The number of fused-ring (bicyclic) bond motifs is 3. The number of piperidine rings is 2. The van der Waals surface area contributed by atoms with Gasteiger partial charge in [0.25, 0.3) is 10.2 Å². The number of nitrogens with zero attached hydrogens (tertiary/aromatic N) is 7. The van der Waals surface area contributed by atoms with Crippen molar-refractivity contribution in [3.05, 3.63) is 23.3 Å². The fourth-order valence-electron chi connectivity index (χ4n) is 5.73. The zero-order chi connectivity index (χ0) is 25.7. The molecule has 0 saturated carbocycles. The summed E-state index contributed by atoms with van der Waals surface area (Å²) in [6.45, 7) is 0.512. The Morgan fingerprint density at radius 2 is 2.05 bits per heavy atom. The highest BCUT2D eigenvalue weighted by Gasteiger charge is 2.50. The van der Waals surface area contributed by atoms with Crippen LogP contribution in [-0.2, 0) is 16.8 Å². The third kappa shape index (κ3) is 4.34. The molecule has 6 rings (SSSR count). The van der Waals surface area contributed by atoms with Crippen LogP contribution in [-0.4, -0.2) is 80.3 Å². The van der Waals surface area contributed by atoms with E-state index in [0.29, 0.717) is 35.4 Å². The smallest absolute Gasteiger partial charge is 0.282 e. The minimum atomic E-state index is -3.58. The molecule has 3 aliphatic heterocycles. The van der Waals surface area contributed by atoms with Crippen molar-refractivity contribution in [3.8, 4) is 6.07 Å². The second-order valence-corrected chi connectivity index (χ2v) is 12.9. The first kappa shape index (κ1) is 24.5. The summed E-state index contributed by atoms with van der Waals surface area (Å²) in [4.78, 5) is 19.9. The molecule has 3 saturated heterocycles. The molecule has 196 valence electrons. The van der Waals surface area contributed by atoms with Crippen molar-refractivity contribution >= 4 is 49.5 Å². The summed E-state index contributed by atoms with van der Waals surface area (Å²) in [7, 11) is -1.61. The Hall–Kier alpha value is -2.83. The van der Waals surface area contributed by atoms with Crippen molar-refractivity contribution < 1.29 is 13.5 Å². The standard InChI is InChI=1S/C23H29N9O3S2/c1-30(22-27-20-19(5-6-25-20)21(28-22)29-23-26-10-18(13-33)36-23)17-7-15-3-2-4-16(8-17)32(15)37(34,35)31-11-14(9-24)12-31/h5-6,10,14-17,33H,2-4,7-8,11-13H2,1H3,(H2,25,26,27,28,29)/t15-,16+,17?. The van der Waals surface area contributed by atoms with Crippen LogP contribution in [0.4, 0.5) is 16.9 Å². The van der Waals surface area contributed by atoms with Crippen LogP contribution < -0.4 is 10.2 Å². The van der Waals surface area contributed by atoms with E-state index in [1.54, 1.807) is 10.5 Å². The molecule has 1 unspecified atom stereocenters. The first-order chi connectivity index (χ1) is 17.9. The van der Waals surface area contributed by atoms with Gasteiger partial charge in [0.2, 0.25) is 5.95 Å². The van der Waals surface area contributed by atoms with Crippen LogP contribution >= 0.6 is 11.3 Å². The molecule has 12 nitrogen and oxygen atoms in total. The SMILES string of the molecule is CN(c1nc(Nc2ncc(CO)s2)c2cc[nH]c2n1)C1C[C@H]2CCC[C@@H](C1)N2S(=O)(=O)N1CC(C#N)C1. The van der Waals surface area contributed by atoms with Gasteiger partial charge in [-0.2, -0.15) is 32.3 Å². The van der Waals surface area contributed by atoms with Crippen molar-refractivity contribution in [2.75, 3.05) is 30.4 Å². The van der Waals surface area contributed by atoms with Crippen molar-refractivity contribution in [2.45, 2.75) is 56.8 Å². The molecular formula is C23H29N9O3S2. The molecule has 3 aliphatic rings. The summed E-state index contributed by atoms with van der Waals surface area (Å²) in [5.41, 5.74) is 0.698. The lowest BCUT2D eigenvalue weighted by Crippen LogP contribution is -2.64. The Kier molecular flexibility index (Phi) is 6.28. The number of aromatic amines is 1.